The van der Waals surface area contributed by atoms with Crippen LogP contribution in [-0.2, 0) is 16.1 Å². The van der Waals surface area contributed by atoms with E-state index in [1.165, 1.54) is 0 Å². The number of carbonyl (C=O) groups is 1. The molecule has 0 aliphatic rings. The van der Waals surface area contributed by atoms with E-state index < -0.39 is 0 Å². The van der Waals surface area contributed by atoms with Crippen molar-refractivity contribution >= 4 is 5.91 Å². The third kappa shape index (κ3) is 5.38. The number of hydrogen-bond donors (Lipinski definition) is 2. The Morgan fingerprint density at radius 1 is 1.37 bits per heavy atom. The molecule has 0 aromatic heterocycles. The summed E-state index contributed by atoms with van der Waals surface area (Å²) in [7, 11) is 3.18. The van der Waals surface area contributed by atoms with Gasteiger partial charge in [0.2, 0.25) is 0 Å². The molecule has 0 aliphatic heterocycles. The molecule has 1 aromatic carbocycles. The van der Waals surface area contributed by atoms with Crippen LogP contribution < -0.4 is 5.32 Å². The lowest BCUT2D eigenvalue weighted by Crippen LogP contribution is -2.38. The van der Waals surface area contributed by atoms with Gasteiger partial charge in [0.15, 0.2) is 0 Å². The van der Waals surface area contributed by atoms with Gasteiger partial charge in [-0.2, -0.15) is 0 Å². The monoisotopic (exact) mass is 267 g/mol. The highest BCUT2D eigenvalue weighted by molar-refractivity contribution is 5.94. The lowest BCUT2D eigenvalue weighted by molar-refractivity contribution is 0.0878. The quantitative estimate of drug-likeness (QED) is 0.736. The summed E-state index contributed by atoms with van der Waals surface area (Å²) >= 11 is 0. The summed E-state index contributed by atoms with van der Waals surface area (Å²) in [6.45, 7) is 0.862. The van der Waals surface area contributed by atoms with E-state index in [4.69, 9.17) is 14.6 Å². The first-order valence-electron chi connectivity index (χ1n) is 6.19. The van der Waals surface area contributed by atoms with E-state index in [2.05, 4.69) is 5.32 Å². The van der Waals surface area contributed by atoms with Crippen LogP contribution in [0.25, 0.3) is 0 Å². The molecule has 5 nitrogen and oxygen atoms in total. The zero-order valence-corrected chi connectivity index (χ0v) is 11.4. The number of ether oxygens (including phenoxy) is 2. The Balaban J connectivity index is 2.67. The minimum atomic E-state index is -0.186. The van der Waals surface area contributed by atoms with Gasteiger partial charge in [-0.3, -0.25) is 4.79 Å². The number of aliphatic hydroxyl groups excluding tert-OH is 1. The van der Waals surface area contributed by atoms with Crippen LogP contribution in [0.4, 0.5) is 0 Å². The highest BCUT2D eigenvalue weighted by Crippen LogP contribution is 2.07. The second-order valence-corrected chi connectivity index (χ2v) is 4.27. The second kappa shape index (κ2) is 8.63. The van der Waals surface area contributed by atoms with Gasteiger partial charge in [-0.1, -0.05) is 12.1 Å². The van der Waals surface area contributed by atoms with Crippen LogP contribution in [0.3, 0.4) is 0 Å². The number of nitrogens with one attached hydrogen (secondary N) is 1. The van der Waals surface area contributed by atoms with Crippen molar-refractivity contribution in [2.75, 3.05) is 27.4 Å². The average Bonchev–Trinajstić information content (AvgIpc) is 2.40. The average molecular weight is 267 g/mol. The van der Waals surface area contributed by atoms with E-state index in [0.717, 1.165) is 5.56 Å². The Bertz CT molecular complexity index is 389. The van der Waals surface area contributed by atoms with E-state index in [1.807, 2.05) is 12.1 Å². The predicted octanol–water partition coefficient (Wildman–Crippen LogP) is 0.960. The maximum atomic E-state index is 12.1. The molecule has 0 fully saturated rings. The topological polar surface area (TPSA) is 67.8 Å². The summed E-state index contributed by atoms with van der Waals surface area (Å²) in [5.74, 6) is -0.173. The number of rotatable bonds is 8. The number of benzene rings is 1. The smallest absolute Gasteiger partial charge is 0.251 e. The number of carbonyl (C=O) groups excluding carboxylic acids is 1. The van der Waals surface area contributed by atoms with Gasteiger partial charge in [-0.25, -0.2) is 0 Å². The zero-order valence-electron chi connectivity index (χ0n) is 11.4. The van der Waals surface area contributed by atoms with E-state index >= 15 is 0 Å². The van der Waals surface area contributed by atoms with Crippen LogP contribution in [0.5, 0.6) is 0 Å². The van der Waals surface area contributed by atoms with Gasteiger partial charge < -0.3 is 19.9 Å². The lowest BCUT2D eigenvalue weighted by Gasteiger charge is -2.17. The second-order valence-electron chi connectivity index (χ2n) is 4.27. The van der Waals surface area contributed by atoms with Crippen molar-refractivity contribution in [2.24, 2.45) is 0 Å². The highest BCUT2D eigenvalue weighted by atomic mass is 16.5. The van der Waals surface area contributed by atoms with Crippen molar-refractivity contribution < 1.29 is 19.4 Å². The first-order chi connectivity index (χ1) is 9.21. The van der Waals surface area contributed by atoms with Crippen molar-refractivity contribution in [2.45, 2.75) is 19.1 Å². The molecule has 0 saturated carbocycles. The Kier molecular flexibility index (Phi) is 7.10. The van der Waals surface area contributed by atoms with Crippen molar-refractivity contribution in [3.63, 3.8) is 0 Å². The third-order valence-electron chi connectivity index (χ3n) is 2.68. The summed E-state index contributed by atoms with van der Waals surface area (Å²) < 4.78 is 10.0. The normalized spacial score (nSPS) is 12.2. The first kappa shape index (κ1) is 15.6. The molecule has 0 radical (unpaired) electrons. The largest absolute Gasteiger partial charge is 0.396 e. The number of amides is 1. The standard InChI is InChI=1S/C14H21NO4/c1-18-9-11-4-3-5-12(8-11)14(17)15-13(6-7-16)10-19-2/h3-5,8,13,16H,6-7,9-10H2,1-2H3,(H,15,17). The molecule has 1 amide bonds. The fourth-order valence-corrected chi connectivity index (χ4v) is 1.79. The first-order valence-corrected chi connectivity index (χ1v) is 6.19. The Morgan fingerprint density at radius 3 is 2.79 bits per heavy atom. The van der Waals surface area contributed by atoms with Gasteiger partial charge in [0.1, 0.15) is 0 Å². The number of aliphatic hydroxyl groups is 1. The summed E-state index contributed by atoms with van der Waals surface area (Å²) in [6, 6.07) is 7.08. The molecule has 5 heteroatoms. The Morgan fingerprint density at radius 2 is 2.16 bits per heavy atom. The molecule has 0 saturated heterocycles. The Hall–Kier alpha value is -1.43. The molecule has 19 heavy (non-hydrogen) atoms. The van der Waals surface area contributed by atoms with Gasteiger partial charge in [-0.05, 0) is 24.1 Å². The van der Waals surface area contributed by atoms with Gasteiger partial charge >= 0.3 is 0 Å². The van der Waals surface area contributed by atoms with Crippen LogP contribution in [-0.4, -0.2) is 44.5 Å². The SMILES string of the molecule is COCc1cccc(C(=O)NC(CCO)COC)c1. The number of hydrogen-bond acceptors (Lipinski definition) is 4. The molecule has 1 aromatic rings. The summed E-state index contributed by atoms with van der Waals surface area (Å²) in [6.07, 6.45) is 0.470. The molecule has 0 aliphatic carbocycles. The minimum Gasteiger partial charge on any atom is -0.396 e. The zero-order chi connectivity index (χ0) is 14.1. The molecule has 0 heterocycles. The van der Waals surface area contributed by atoms with Crippen LogP contribution in [0, 0.1) is 0 Å². The highest BCUT2D eigenvalue weighted by Gasteiger charge is 2.13. The third-order valence-corrected chi connectivity index (χ3v) is 2.68. The van der Waals surface area contributed by atoms with Crippen LogP contribution in [0.1, 0.15) is 22.3 Å². The van der Waals surface area contributed by atoms with E-state index in [-0.39, 0.29) is 18.6 Å². The molecule has 106 valence electrons. The maximum Gasteiger partial charge on any atom is 0.251 e. The van der Waals surface area contributed by atoms with Gasteiger partial charge in [-0.15, -0.1) is 0 Å². The van der Waals surface area contributed by atoms with Crippen LogP contribution in [0.2, 0.25) is 0 Å². The fraction of sp³-hybridized carbons (Fsp3) is 0.500. The summed E-state index contributed by atoms with van der Waals surface area (Å²) in [5, 5.41) is 11.8. The molecule has 0 bridgehead atoms. The van der Waals surface area contributed by atoms with Crippen molar-refractivity contribution in [3.05, 3.63) is 35.4 Å². The summed E-state index contributed by atoms with van der Waals surface area (Å²) in [5.41, 5.74) is 1.52. The maximum absolute atomic E-state index is 12.1. The van der Waals surface area contributed by atoms with Crippen molar-refractivity contribution in [3.8, 4) is 0 Å². The van der Waals surface area contributed by atoms with Gasteiger partial charge in [0, 0.05) is 26.4 Å². The molecular weight excluding hydrogens is 246 g/mol. The van der Waals surface area contributed by atoms with Crippen LogP contribution in [0.15, 0.2) is 24.3 Å². The molecular formula is C14H21NO4. The van der Waals surface area contributed by atoms with E-state index in [9.17, 15) is 4.79 Å². The van der Waals surface area contributed by atoms with E-state index in [0.29, 0.717) is 25.2 Å². The van der Waals surface area contributed by atoms with Gasteiger partial charge in [0.25, 0.3) is 5.91 Å². The van der Waals surface area contributed by atoms with E-state index in [1.54, 1.807) is 26.4 Å². The van der Waals surface area contributed by atoms with Gasteiger partial charge in [0.05, 0.1) is 19.3 Å². The lowest BCUT2D eigenvalue weighted by atomic mass is 10.1. The van der Waals surface area contributed by atoms with Crippen LogP contribution >= 0.6 is 0 Å². The fourth-order valence-electron chi connectivity index (χ4n) is 1.79. The molecule has 1 rings (SSSR count). The predicted molar refractivity (Wildman–Crippen MR) is 72.0 cm³/mol. The molecule has 0 spiro atoms. The summed E-state index contributed by atoms with van der Waals surface area (Å²) in [4.78, 5) is 12.1. The van der Waals surface area contributed by atoms with Crippen molar-refractivity contribution in [1.82, 2.24) is 5.32 Å². The molecule has 2 N–H and O–H groups in total. The molecule has 1 unspecified atom stereocenters. The van der Waals surface area contributed by atoms with Crippen molar-refractivity contribution in [1.29, 1.82) is 0 Å². The minimum absolute atomic E-state index is 0.0119. The Labute approximate surface area is 113 Å². The number of methoxy groups -OCH3 is 2. The molecule has 1 atom stereocenters.